The molecule has 0 amide bonds. The highest BCUT2D eigenvalue weighted by Gasteiger charge is 2.30. The number of rotatable bonds is 3. The van der Waals surface area contributed by atoms with Crippen LogP contribution in [-0.2, 0) is 0 Å². The van der Waals surface area contributed by atoms with Crippen LogP contribution in [0.25, 0.3) is 16.9 Å². The van der Waals surface area contributed by atoms with E-state index in [0.29, 0.717) is 16.9 Å². The van der Waals surface area contributed by atoms with Crippen molar-refractivity contribution in [3.63, 3.8) is 0 Å². The van der Waals surface area contributed by atoms with E-state index in [4.69, 9.17) is 5.11 Å². The van der Waals surface area contributed by atoms with E-state index in [9.17, 15) is 18.0 Å². The summed E-state index contributed by atoms with van der Waals surface area (Å²) < 4.78 is 41.6. The first kappa shape index (κ1) is 14.8. The van der Waals surface area contributed by atoms with E-state index < -0.39 is 12.3 Å². The standard InChI is InChI=1S/C14H8F3N3O3/c15-14(16,17)23-9-3-1-8(2-4-9)10-6-20-7-11(13(21)22)19-12(20)5-18-10/h1-7H,(H,21,22). The summed E-state index contributed by atoms with van der Waals surface area (Å²) in [4.78, 5) is 18.8. The molecule has 0 aliphatic heterocycles. The van der Waals surface area contributed by atoms with Crippen LogP contribution in [-0.4, -0.2) is 31.8 Å². The molecular weight excluding hydrogens is 315 g/mol. The molecule has 0 saturated heterocycles. The summed E-state index contributed by atoms with van der Waals surface area (Å²) in [5, 5.41) is 8.89. The second-order valence-electron chi connectivity index (χ2n) is 4.54. The number of benzene rings is 1. The molecule has 0 aliphatic carbocycles. The van der Waals surface area contributed by atoms with Crippen molar-refractivity contribution >= 4 is 11.6 Å². The van der Waals surface area contributed by atoms with Gasteiger partial charge in [0.1, 0.15) is 5.75 Å². The van der Waals surface area contributed by atoms with Crippen LogP contribution in [0, 0.1) is 0 Å². The minimum atomic E-state index is -4.75. The fraction of sp³-hybridized carbons (Fsp3) is 0.0714. The Kier molecular flexibility index (Phi) is 3.40. The van der Waals surface area contributed by atoms with Gasteiger partial charge in [-0.25, -0.2) is 9.78 Å². The summed E-state index contributed by atoms with van der Waals surface area (Å²) >= 11 is 0. The van der Waals surface area contributed by atoms with Crippen LogP contribution in [0.2, 0.25) is 0 Å². The molecule has 23 heavy (non-hydrogen) atoms. The molecule has 118 valence electrons. The Morgan fingerprint density at radius 3 is 2.48 bits per heavy atom. The zero-order valence-electron chi connectivity index (χ0n) is 11.3. The van der Waals surface area contributed by atoms with Gasteiger partial charge in [0, 0.05) is 18.0 Å². The van der Waals surface area contributed by atoms with Gasteiger partial charge in [-0.2, -0.15) is 0 Å². The van der Waals surface area contributed by atoms with Gasteiger partial charge in [0.25, 0.3) is 0 Å². The highest BCUT2D eigenvalue weighted by atomic mass is 19.4. The van der Waals surface area contributed by atoms with Crippen molar-refractivity contribution < 1.29 is 27.8 Å². The Morgan fingerprint density at radius 1 is 1.17 bits per heavy atom. The average molecular weight is 323 g/mol. The van der Waals surface area contributed by atoms with Crippen molar-refractivity contribution in [3.05, 3.63) is 48.5 Å². The van der Waals surface area contributed by atoms with E-state index in [2.05, 4.69) is 14.7 Å². The van der Waals surface area contributed by atoms with E-state index in [1.54, 1.807) is 0 Å². The highest BCUT2D eigenvalue weighted by Crippen LogP contribution is 2.25. The lowest BCUT2D eigenvalue weighted by atomic mass is 10.1. The van der Waals surface area contributed by atoms with Crippen LogP contribution in [0.4, 0.5) is 13.2 Å². The number of aromatic carboxylic acids is 1. The molecule has 2 heterocycles. The van der Waals surface area contributed by atoms with Crippen LogP contribution in [0.5, 0.6) is 5.75 Å². The predicted octanol–water partition coefficient (Wildman–Crippen LogP) is 2.99. The number of carbonyl (C=O) groups is 1. The Labute approximate surface area is 126 Å². The average Bonchev–Trinajstić information content (AvgIpc) is 2.89. The van der Waals surface area contributed by atoms with Gasteiger partial charge >= 0.3 is 12.3 Å². The third-order valence-electron chi connectivity index (χ3n) is 2.94. The number of carboxylic acids is 1. The van der Waals surface area contributed by atoms with Crippen molar-refractivity contribution in [2.45, 2.75) is 6.36 Å². The van der Waals surface area contributed by atoms with Crippen molar-refractivity contribution in [3.8, 4) is 17.0 Å². The molecule has 2 aromatic heterocycles. The molecule has 0 unspecified atom stereocenters. The van der Waals surface area contributed by atoms with Crippen molar-refractivity contribution in [1.82, 2.24) is 14.4 Å². The number of hydrogen-bond donors (Lipinski definition) is 1. The fourth-order valence-electron chi connectivity index (χ4n) is 1.98. The largest absolute Gasteiger partial charge is 0.573 e. The summed E-state index contributed by atoms with van der Waals surface area (Å²) in [6.45, 7) is 0. The molecule has 0 spiro atoms. The molecular formula is C14H8F3N3O3. The monoisotopic (exact) mass is 323 g/mol. The normalized spacial score (nSPS) is 11.6. The van der Waals surface area contributed by atoms with E-state index in [0.717, 1.165) is 0 Å². The summed E-state index contributed by atoms with van der Waals surface area (Å²) in [5.74, 6) is -1.50. The first-order valence-electron chi connectivity index (χ1n) is 6.26. The maximum atomic E-state index is 12.1. The predicted molar refractivity (Wildman–Crippen MR) is 72.1 cm³/mol. The number of nitrogens with zero attached hydrogens (tertiary/aromatic N) is 3. The molecule has 3 aromatic rings. The number of halogens is 3. The van der Waals surface area contributed by atoms with E-state index in [1.807, 2.05) is 0 Å². The summed E-state index contributed by atoms with van der Waals surface area (Å²) in [5.41, 5.74) is 1.22. The Balaban J connectivity index is 1.92. The number of hydrogen-bond acceptors (Lipinski definition) is 4. The van der Waals surface area contributed by atoms with Crippen molar-refractivity contribution in [2.24, 2.45) is 0 Å². The van der Waals surface area contributed by atoms with Crippen LogP contribution >= 0.6 is 0 Å². The lowest BCUT2D eigenvalue weighted by Crippen LogP contribution is -2.16. The molecule has 3 rings (SSSR count). The topological polar surface area (TPSA) is 76.7 Å². The lowest BCUT2D eigenvalue weighted by Gasteiger charge is -2.09. The molecule has 0 saturated carbocycles. The molecule has 1 N–H and O–H groups in total. The SMILES string of the molecule is O=C(O)c1cn2cc(-c3ccc(OC(F)(F)F)cc3)ncc2n1. The van der Waals surface area contributed by atoms with Crippen LogP contribution in [0.1, 0.15) is 10.5 Å². The van der Waals surface area contributed by atoms with E-state index in [1.165, 1.54) is 47.3 Å². The van der Waals surface area contributed by atoms with Crippen molar-refractivity contribution in [1.29, 1.82) is 0 Å². The smallest absolute Gasteiger partial charge is 0.476 e. The van der Waals surface area contributed by atoms with Gasteiger partial charge < -0.3 is 14.2 Å². The Bertz CT molecular complexity index is 872. The highest BCUT2D eigenvalue weighted by molar-refractivity contribution is 5.86. The van der Waals surface area contributed by atoms with Crippen LogP contribution in [0.15, 0.2) is 42.9 Å². The zero-order chi connectivity index (χ0) is 16.6. The quantitative estimate of drug-likeness (QED) is 0.802. The zero-order valence-corrected chi connectivity index (χ0v) is 11.3. The van der Waals surface area contributed by atoms with Gasteiger partial charge in [-0.1, -0.05) is 0 Å². The molecule has 0 bridgehead atoms. The fourth-order valence-corrected chi connectivity index (χ4v) is 1.98. The maximum Gasteiger partial charge on any atom is 0.573 e. The molecule has 0 atom stereocenters. The molecule has 6 nitrogen and oxygen atoms in total. The number of ether oxygens (including phenoxy) is 1. The second kappa shape index (κ2) is 5.27. The third-order valence-corrected chi connectivity index (χ3v) is 2.94. The van der Waals surface area contributed by atoms with Gasteiger partial charge in [0.2, 0.25) is 0 Å². The first-order valence-corrected chi connectivity index (χ1v) is 6.26. The van der Waals surface area contributed by atoms with E-state index in [-0.39, 0.29) is 11.4 Å². The first-order chi connectivity index (χ1) is 10.8. The number of fused-ring (bicyclic) bond motifs is 1. The summed E-state index contributed by atoms with van der Waals surface area (Å²) in [6, 6.07) is 5.19. The Hall–Kier alpha value is -3.10. The van der Waals surface area contributed by atoms with E-state index >= 15 is 0 Å². The molecule has 1 aromatic carbocycles. The van der Waals surface area contributed by atoms with Gasteiger partial charge in [0.05, 0.1) is 11.9 Å². The maximum absolute atomic E-state index is 12.1. The molecule has 9 heteroatoms. The summed E-state index contributed by atoms with van der Waals surface area (Å²) in [6.07, 6.45) is -0.511. The van der Waals surface area contributed by atoms with Crippen LogP contribution in [0.3, 0.4) is 0 Å². The number of aromatic nitrogens is 3. The van der Waals surface area contributed by atoms with Crippen molar-refractivity contribution in [2.75, 3.05) is 0 Å². The number of imidazole rings is 1. The van der Waals surface area contributed by atoms with Gasteiger partial charge in [-0.15, -0.1) is 13.2 Å². The van der Waals surface area contributed by atoms with Gasteiger partial charge in [-0.05, 0) is 24.3 Å². The molecule has 0 fully saturated rings. The molecule has 0 aliphatic rings. The minimum Gasteiger partial charge on any atom is -0.476 e. The number of alkyl halides is 3. The lowest BCUT2D eigenvalue weighted by molar-refractivity contribution is -0.274. The van der Waals surface area contributed by atoms with Crippen LogP contribution < -0.4 is 4.74 Å². The Morgan fingerprint density at radius 2 is 1.87 bits per heavy atom. The number of carboxylic acid groups (broad SMARTS) is 1. The molecule has 0 radical (unpaired) electrons. The summed E-state index contributed by atoms with van der Waals surface area (Å²) in [7, 11) is 0. The second-order valence-corrected chi connectivity index (χ2v) is 4.54. The van der Waals surface area contributed by atoms with Gasteiger partial charge in [-0.3, -0.25) is 4.98 Å². The third kappa shape index (κ3) is 3.23. The van der Waals surface area contributed by atoms with Gasteiger partial charge in [0.15, 0.2) is 11.3 Å². The minimum absolute atomic E-state index is 0.127.